The van der Waals surface area contributed by atoms with E-state index in [1.54, 1.807) is 0 Å². The Morgan fingerprint density at radius 2 is 0.821 bits per heavy atom. The predicted octanol–water partition coefficient (Wildman–Crippen LogP) is 3.55. The number of benzene rings is 3. The topological polar surface area (TPSA) is 106 Å². The molecule has 0 aliphatic rings. The third kappa shape index (κ3) is 3.80. The molecule has 0 unspecified atom stereocenters. The molecule has 0 heterocycles. The zero-order valence-corrected chi connectivity index (χ0v) is 16.2. The molecule has 3 rings (SSSR count). The molecule has 0 saturated carbocycles. The standard InChI is InChI=1S/C22H25N3O3/c1-13-4-7-16(26-23)10-19(13)22(20-11-17(27-24)8-5-14(20)2)21-12-18(28-25)9-6-15(21)3/h4-12,22H,23-25H2,1-3H3. The van der Waals surface area contributed by atoms with Gasteiger partial charge in [0.25, 0.3) is 0 Å². The van der Waals surface area contributed by atoms with Crippen molar-refractivity contribution in [1.82, 2.24) is 0 Å². The average molecular weight is 379 g/mol. The van der Waals surface area contributed by atoms with Crippen molar-refractivity contribution in [3.8, 4) is 17.2 Å². The van der Waals surface area contributed by atoms with Gasteiger partial charge in [0.15, 0.2) is 0 Å². The minimum atomic E-state index is -0.125. The van der Waals surface area contributed by atoms with Gasteiger partial charge in [0.1, 0.15) is 17.2 Å². The third-order valence-corrected chi connectivity index (χ3v) is 5.09. The van der Waals surface area contributed by atoms with Gasteiger partial charge in [0.05, 0.1) is 0 Å². The van der Waals surface area contributed by atoms with Crippen molar-refractivity contribution in [2.75, 3.05) is 0 Å². The highest BCUT2D eigenvalue weighted by Crippen LogP contribution is 2.40. The summed E-state index contributed by atoms with van der Waals surface area (Å²) >= 11 is 0. The summed E-state index contributed by atoms with van der Waals surface area (Å²) in [5.41, 5.74) is 6.46. The van der Waals surface area contributed by atoms with Crippen molar-refractivity contribution in [3.05, 3.63) is 88.0 Å². The summed E-state index contributed by atoms with van der Waals surface area (Å²) in [7, 11) is 0. The summed E-state index contributed by atoms with van der Waals surface area (Å²) in [6, 6.07) is 17.3. The molecule has 0 aromatic heterocycles. The van der Waals surface area contributed by atoms with Crippen LogP contribution in [0, 0.1) is 20.8 Å². The van der Waals surface area contributed by atoms with E-state index in [9.17, 15) is 0 Å². The van der Waals surface area contributed by atoms with Crippen LogP contribution in [0.2, 0.25) is 0 Å². The normalized spacial score (nSPS) is 10.8. The molecule has 0 radical (unpaired) electrons. The van der Waals surface area contributed by atoms with Gasteiger partial charge >= 0.3 is 0 Å². The molecule has 0 bridgehead atoms. The third-order valence-electron chi connectivity index (χ3n) is 5.09. The van der Waals surface area contributed by atoms with Gasteiger partial charge in [-0.1, -0.05) is 18.2 Å². The van der Waals surface area contributed by atoms with Crippen molar-refractivity contribution in [2.45, 2.75) is 26.7 Å². The highest BCUT2D eigenvalue weighted by Gasteiger charge is 2.24. The summed E-state index contributed by atoms with van der Waals surface area (Å²) < 4.78 is 0. The number of hydrogen-bond donors (Lipinski definition) is 3. The van der Waals surface area contributed by atoms with Crippen LogP contribution in [0.5, 0.6) is 17.2 Å². The highest BCUT2D eigenvalue weighted by molar-refractivity contribution is 5.55. The molecule has 0 aliphatic carbocycles. The summed E-state index contributed by atoms with van der Waals surface area (Å²) in [6.45, 7) is 6.17. The van der Waals surface area contributed by atoms with Crippen LogP contribution >= 0.6 is 0 Å². The number of aryl methyl sites for hydroxylation is 3. The monoisotopic (exact) mass is 379 g/mol. The van der Waals surface area contributed by atoms with E-state index in [4.69, 9.17) is 32.2 Å². The largest absolute Gasteiger partial charge is 0.412 e. The molecule has 6 nitrogen and oxygen atoms in total. The van der Waals surface area contributed by atoms with Gasteiger partial charge < -0.3 is 14.5 Å². The first-order valence-electron chi connectivity index (χ1n) is 8.90. The Balaban J connectivity index is 2.33. The van der Waals surface area contributed by atoms with Crippen LogP contribution < -0.4 is 32.2 Å². The lowest BCUT2D eigenvalue weighted by Gasteiger charge is -2.25. The molecule has 3 aromatic rings. The molecular weight excluding hydrogens is 354 g/mol. The molecule has 3 aromatic carbocycles. The van der Waals surface area contributed by atoms with Crippen LogP contribution in [0.4, 0.5) is 0 Å². The smallest absolute Gasteiger partial charge is 0.147 e. The molecular formula is C22H25N3O3. The van der Waals surface area contributed by atoms with E-state index in [1.807, 2.05) is 54.6 Å². The molecule has 6 heteroatoms. The molecule has 0 amide bonds. The van der Waals surface area contributed by atoms with Gasteiger partial charge in [0.2, 0.25) is 0 Å². The number of hydrogen-bond acceptors (Lipinski definition) is 6. The fourth-order valence-electron chi connectivity index (χ4n) is 3.51. The van der Waals surface area contributed by atoms with Crippen LogP contribution in [-0.2, 0) is 0 Å². The molecule has 6 N–H and O–H groups in total. The zero-order valence-electron chi connectivity index (χ0n) is 16.2. The van der Waals surface area contributed by atoms with Gasteiger partial charge in [-0.25, -0.2) is 0 Å². The Hall–Kier alpha value is -3.06. The van der Waals surface area contributed by atoms with Gasteiger partial charge in [0, 0.05) is 5.92 Å². The Labute approximate surface area is 164 Å². The summed E-state index contributed by atoms with van der Waals surface area (Å²) in [6.07, 6.45) is 0. The fourth-order valence-corrected chi connectivity index (χ4v) is 3.51. The molecule has 0 saturated heterocycles. The number of rotatable bonds is 6. The summed E-state index contributed by atoms with van der Waals surface area (Å²) in [5.74, 6) is 17.9. The summed E-state index contributed by atoms with van der Waals surface area (Å²) in [4.78, 5) is 15.0. The van der Waals surface area contributed by atoms with Gasteiger partial charge in [-0.2, -0.15) is 17.7 Å². The van der Waals surface area contributed by atoms with Crippen LogP contribution in [0.1, 0.15) is 39.3 Å². The SMILES string of the molecule is Cc1ccc(ON)cc1C(c1cc(ON)ccc1C)c1cc(ON)ccc1C. The Morgan fingerprint density at radius 3 is 1.07 bits per heavy atom. The van der Waals surface area contributed by atoms with E-state index < -0.39 is 0 Å². The highest BCUT2D eigenvalue weighted by atomic mass is 16.6. The second-order valence-electron chi connectivity index (χ2n) is 6.84. The lowest BCUT2D eigenvalue weighted by atomic mass is 9.79. The first kappa shape index (κ1) is 19.7. The maximum absolute atomic E-state index is 5.42. The zero-order chi connectivity index (χ0) is 20.3. The van der Waals surface area contributed by atoms with E-state index in [-0.39, 0.29) is 5.92 Å². The van der Waals surface area contributed by atoms with Crippen LogP contribution in [0.15, 0.2) is 54.6 Å². The molecule has 28 heavy (non-hydrogen) atoms. The minimum absolute atomic E-state index is 0.125. The first-order valence-corrected chi connectivity index (χ1v) is 8.90. The molecule has 0 fully saturated rings. The van der Waals surface area contributed by atoms with Crippen molar-refractivity contribution >= 4 is 0 Å². The van der Waals surface area contributed by atoms with Crippen molar-refractivity contribution in [3.63, 3.8) is 0 Å². The molecule has 146 valence electrons. The second kappa shape index (κ2) is 8.31. The predicted molar refractivity (Wildman–Crippen MR) is 109 cm³/mol. The van der Waals surface area contributed by atoms with Gasteiger partial charge in [-0.15, -0.1) is 0 Å². The maximum atomic E-state index is 5.42. The van der Waals surface area contributed by atoms with Crippen LogP contribution in [0.3, 0.4) is 0 Å². The van der Waals surface area contributed by atoms with Crippen molar-refractivity contribution in [2.24, 2.45) is 17.7 Å². The van der Waals surface area contributed by atoms with Crippen LogP contribution in [0.25, 0.3) is 0 Å². The number of nitrogens with two attached hydrogens (primary N) is 3. The van der Waals surface area contributed by atoms with Gasteiger partial charge in [-0.05, 0) is 90.6 Å². The lowest BCUT2D eigenvalue weighted by Crippen LogP contribution is -2.12. The molecule has 0 aliphatic heterocycles. The van der Waals surface area contributed by atoms with E-state index in [0.29, 0.717) is 17.2 Å². The minimum Gasteiger partial charge on any atom is -0.412 e. The lowest BCUT2D eigenvalue weighted by molar-refractivity contribution is 0.333. The van der Waals surface area contributed by atoms with Crippen LogP contribution in [-0.4, -0.2) is 0 Å². The Morgan fingerprint density at radius 1 is 0.536 bits per heavy atom. The maximum Gasteiger partial charge on any atom is 0.147 e. The summed E-state index contributed by atoms with van der Waals surface area (Å²) in [5, 5.41) is 0. The van der Waals surface area contributed by atoms with E-state index in [1.165, 1.54) is 0 Å². The quantitative estimate of drug-likeness (QED) is 0.447. The first-order chi connectivity index (χ1) is 13.5. The van der Waals surface area contributed by atoms with Crippen molar-refractivity contribution in [1.29, 1.82) is 0 Å². The molecule has 0 spiro atoms. The fraction of sp³-hybridized carbons (Fsp3) is 0.182. The van der Waals surface area contributed by atoms with Gasteiger partial charge in [-0.3, -0.25) is 0 Å². The Kier molecular flexibility index (Phi) is 5.84. The molecule has 0 atom stereocenters. The second-order valence-corrected chi connectivity index (χ2v) is 6.84. The van der Waals surface area contributed by atoms with E-state index in [2.05, 4.69) is 20.8 Å². The Bertz CT molecular complexity index is 862. The average Bonchev–Trinajstić information content (AvgIpc) is 2.72. The van der Waals surface area contributed by atoms with Crippen molar-refractivity contribution < 1.29 is 14.5 Å². The van der Waals surface area contributed by atoms with E-state index >= 15 is 0 Å². The van der Waals surface area contributed by atoms with E-state index in [0.717, 1.165) is 33.4 Å².